The van der Waals surface area contributed by atoms with Crippen molar-refractivity contribution in [1.82, 2.24) is 0 Å². The molecule has 0 bridgehead atoms. The Morgan fingerprint density at radius 3 is 2.10 bits per heavy atom. The summed E-state index contributed by atoms with van der Waals surface area (Å²) >= 11 is 0. The highest BCUT2D eigenvalue weighted by atomic mass is 19.3. The first-order valence-corrected chi connectivity index (χ1v) is 6.31. The van der Waals surface area contributed by atoms with E-state index in [4.69, 9.17) is 9.47 Å². The van der Waals surface area contributed by atoms with Gasteiger partial charge in [0.1, 0.15) is 0 Å². The summed E-state index contributed by atoms with van der Waals surface area (Å²) in [6.07, 6.45) is 0.346. The Morgan fingerprint density at radius 2 is 1.60 bits per heavy atom. The smallest absolute Gasteiger partial charge is 0.266 e. The molecule has 1 aromatic rings. The van der Waals surface area contributed by atoms with Crippen molar-refractivity contribution in [3.8, 4) is 11.5 Å². The molecule has 0 aromatic heterocycles. The summed E-state index contributed by atoms with van der Waals surface area (Å²) in [4.78, 5) is 0. The summed E-state index contributed by atoms with van der Waals surface area (Å²) in [5.41, 5.74) is 0. The number of hydrogen-bond acceptors (Lipinski definition) is 2. The minimum atomic E-state index is -1.83. The van der Waals surface area contributed by atoms with Gasteiger partial charge >= 0.3 is 0 Å². The zero-order valence-corrected chi connectivity index (χ0v) is 11.1. The molecular weight excluding hydrogens is 276 g/mol. The van der Waals surface area contributed by atoms with Crippen molar-refractivity contribution in [3.05, 3.63) is 35.9 Å². The molecule has 20 heavy (non-hydrogen) atoms. The van der Waals surface area contributed by atoms with Gasteiger partial charge in [-0.15, -0.1) is 0 Å². The van der Waals surface area contributed by atoms with Gasteiger partial charge in [0.15, 0.2) is 11.5 Å². The van der Waals surface area contributed by atoms with Crippen LogP contribution in [0.15, 0.2) is 24.3 Å². The molecule has 0 saturated heterocycles. The van der Waals surface area contributed by atoms with E-state index in [0.717, 1.165) is 12.8 Å². The molecular formula is C14H16F4O2. The average molecular weight is 292 g/mol. The molecule has 0 fully saturated rings. The molecule has 0 aliphatic carbocycles. The Balaban J connectivity index is 2.61. The second-order valence-corrected chi connectivity index (χ2v) is 4.02. The topological polar surface area (TPSA) is 18.5 Å². The number of halogens is 4. The van der Waals surface area contributed by atoms with Gasteiger partial charge in [-0.3, -0.25) is 0 Å². The number of unbranched alkanes of at least 4 members (excludes halogenated alkanes) is 1. The van der Waals surface area contributed by atoms with E-state index >= 15 is 0 Å². The lowest BCUT2D eigenvalue weighted by molar-refractivity contribution is 0.273. The first kappa shape index (κ1) is 16.3. The average Bonchev–Trinajstić information content (AvgIpc) is 2.41. The van der Waals surface area contributed by atoms with E-state index in [1.165, 1.54) is 12.1 Å². The molecule has 0 unspecified atom stereocenters. The van der Waals surface area contributed by atoms with Crippen LogP contribution in [-0.2, 0) is 0 Å². The standard InChI is InChI=1S/C14H16F4O2/c1-2-3-8-19-10-6-7-11(14(18)13(10)17)20-9-4-5-12(15)16/h5-7H,2-4,8-9H2,1H3. The second-order valence-electron chi connectivity index (χ2n) is 4.02. The van der Waals surface area contributed by atoms with Crippen LogP contribution in [0.2, 0.25) is 0 Å². The largest absolute Gasteiger partial charge is 0.490 e. The molecule has 6 heteroatoms. The fourth-order valence-corrected chi connectivity index (χ4v) is 1.40. The lowest BCUT2D eigenvalue weighted by atomic mass is 10.3. The Bertz CT molecular complexity index is 457. The first-order chi connectivity index (χ1) is 9.56. The highest BCUT2D eigenvalue weighted by molar-refractivity contribution is 5.35. The molecule has 0 aliphatic heterocycles. The van der Waals surface area contributed by atoms with Crippen LogP contribution in [0.4, 0.5) is 17.6 Å². The fourth-order valence-electron chi connectivity index (χ4n) is 1.40. The van der Waals surface area contributed by atoms with Gasteiger partial charge in [0.25, 0.3) is 6.08 Å². The number of benzene rings is 1. The maximum Gasteiger partial charge on any atom is 0.266 e. The van der Waals surface area contributed by atoms with E-state index in [1.807, 2.05) is 6.92 Å². The third-order valence-corrected chi connectivity index (χ3v) is 2.44. The van der Waals surface area contributed by atoms with E-state index in [2.05, 4.69) is 0 Å². The molecule has 112 valence electrons. The van der Waals surface area contributed by atoms with Crippen molar-refractivity contribution < 1.29 is 27.0 Å². The van der Waals surface area contributed by atoms with Crippen LogP contribution in [0.5, 0.6) is 11.5 Å². The predicted octanol–water partition coefficient (Wildman–Crippen LogP) is 4.69. The Kier molecular flexibility index (Phi) is 6.90. The summed E-state index contributed by atoms with van der Waals surface area (Å²) in [7, 11) is 0. The Morgan fingerprint density at radius 1 is 1.05 bits per heavy atom. The van der Waals surface area contributed by atoms with Crippen molar-refractivity contribution in [1.29, 1.82) is 0 Å². The molecule has 0 radical (unpaired) electrons. The molecule has 2 nitrogen and oxygen atoms in total. The zero-order chi connectivity index (χ0) is 15.0. The molecule has 0 heterocycles. The first-order valence-electron chi connectivity index (χ1n) is 6.31. The van der Waals surface area contributed by atoms with E-state index < -0.39 is 17.7 Å². The van der Waals surface area contributed by atoms with Gasteiger partial charge in [-0.2, -0.15) is 17.6 Å². The molecule has 0 saturated carbocycles. The molecule has 0 spiro atoms. The molecule has 0 N–H and O–H groups in total. The van der Waals surface area contributed by atoms with E-state index in [1.54, 1.807) is 0 Å². The van der Waals surface area contributed by atoms with Crippen molar-refractivity contribution in [2.75, 3.05) is 13.2 Å². The van der Waals surface area contributed by atoms with E-state index in [9.17, 15) is 17.6 Å². The lowest BCUT2D eigenvalue weighted by Crippen LogP contribution is -2.03. The third-order valence-electron chi connectivity index (χ3n) is 2.44. The van der Waals surface area contributed by atoms with Crippen molar-refractivity contribution in [3.63, 3.8) is 0 Å². The quantitative estimate of drug-likeness (QED) is 0.511. The Labute approximate surface area is 115 Å². The summed E-state index contributed by atoms with van der Waals surface area (Å²) in [5.74, 6) is -2.81. The normalized spacial score (nSPS) is 10.2. The van der Waals surface area contributed by atoms with Gasteiger partial charge in [0.2, 0.25) is 11.6 Å². The molecule has 0 aliphatic rings. The SMILES string of the molecule is CCCCOc1ccc(OCCC=C(F)F)c(F)c1F. The monoisotopic (exact) mass is 292 g/mol. The van der Waals surface area contributed by atoms with Gasteiger partial charge in [0, 0.05) is 6.42 Å². The lowest BCUT2D eigenvalue weighted by Gasteiger charge is -2.10. The number of hydrogen-bond donors (Lipinski definition) is 0. The molecule has 1 rings (SSSR count). The van der Waals surface area contributed by atoms with Crippen molar-refractivity contribution in [2.45, 2.75) is 26.2 Å². The maximum atomic E-state index is 13.6. The summed E-state index contributed by atoms with van der Waals surface area (Å²) in [6.45, 7) is 2.09. The van der Waals surface area contributed by atoms with Crippen LogP contribution in [0, 0.1) is 11.6 Å². The second kappa shape index (κ2) is 8.45. The minimum absolute atomic E-state index is 0.0852. The molecule has 0 atom stereocenters. The van der Waals surface area contributed by atoms with Gasteiger partial charge in [-0.25, -0.2) is 0 Å². The van der Waals surface area contributed by atoms with Crippen LogP contribution >= 0.6 is 0 Å². The van der Waals surface area contributed by atoms with Crippen LogP contribution in [0.3, 0.4) is 0 Å². The van der Waals surface area contributed by atoms with Crippen LogP contribution < -0.4 is 9.47 Å². The summed E-state index contributed by atoms with van der Waals surface area (Å²) in [6, 6.07) is 2.48. The van der Waals surface area contributed by atoms with Gasteiger partial charge in [-0.05, 0) is 24.6 Å². The van der Waals surface area contributed by atoms with E-state index in [-0.39, 0.29) is 24.5 Å². The zero-order valence-electron chi connectivity index (χ0n) is 11.1. The van der Waals surface area contributed by atoms with E-state index in [0.29, 0.717) is 12.7 Å². The highest BCUT2D eigenvalue weighted by Gasteiger charge is 2.15. The maximum absolute atomic E-state index is 13.6. The number of rotatable bonds is 8. The van der Waals surface area contributed by atoms with Crippen LogP contribution in [-0.4, -0.2) is 13.2 Å². The van der Waals surface area contributed by atoms with Crippen molar-refractivity contribution >= 4 is 0 Å². The van der Waals surface area contributed by atoms with Crippen molar-refractivity contribution in [2.24, 2.45) is 0 Å². The minimum Gasteiger partial charge on any atom is -0.490 e. The fraction of sp³-hybridized carbons (Fsp3) is 0.429. The molecule has 1 aromatic carbocycles. The predicted molar refractivity (Wildman–Crippen MR) is 67.2 cm³/mol. The number of ether oxygens (including phenoxy) is 2. The van der Waals surface area contributed by atoms with Gasteiger partial charge < -0.3 is 9.47 Å². The van der Waals surface area contributed by atoms with Crippen LogP contribution in [0.25, 0.3) is 0 Å². The highest BCUT2D eigenvalue weighted by Crippen LogP contribution is 2.27. The van der Waals surface area contributed by atoms with Gasteiger partial charge in [0.05, 0.1) is 13.2 Å². The summed E-state index contributed by atoms with van der Waals surface area (Å²) in [5, 5.41) is 0. The third kappa shape index (κ3) is 5.11. The van der Waals surface area contributed by atoms with Crippen LogP contribution in [0.1, 0.15) is 26.2 Å². The van der Waals surface area contributed by atoms with Gasteiger partial charge in [-0.1, -0.05) is 13.3 Å². The summed E-state index contributed by atoms with van der Waals surface area (Å²) < 4.78 is 60.7. The Hall–Kier alpha value is -1.72. The molecule has 0 amide bonds.